The third kappa shape index (κ3) is 4.65. The number of nitrogens with zero attached hydrogens (tertiary/aromatic N) is 6. The van der Waals surface area contributed by atoms with Gasteiger partial charge in [-0.05, 0) is 37.3 Å². The molecule has 1 aromatic carbocycles. The molecule has 0 radical (unpaired) electrons. The van der Waals surface area contributed by atoms with E-state index in [1.54, 1.807) is 25.2 Å². The van der Waals surface area contributed by atoms with E-state index in [-0.39, 0.29) is 34.6 Å². The first kappa shape index (κ1) is 26.5. The maximum absolute atomic E-state index is 13.3. The second-order valence-corrected chi connectivity index (χ2v) is 12.4. The van der Waals surface area contributed by atoms with Crippen molar-refractivity contribution in [3.05, 3.63) is 64.3 Å². The number of benzene rings is 1. The topological polar surface area (TPSA) is 93.3 Å². The second-order valence-electron chi connectivity index (χ2n) is 9.12. The van der Waals surface area contributed by atoms with Crippen LogP contribution in [0.25, 0.3) is 21.5 Å². The van der Waals surface area contributed by atoms with Gasteiger partial charge >= 0.3 is 6.18 Å². The lowest BCUT2D eigenvalue weighted by molar-refractivity contribution is -0.143. The Labute approximate surface area is 220 Å². The molecule has 38 heavy (non-hydrogen) atoms. The highest BCUT2D eigenvalue weighted by atomic mass is 32.2. The molecule has 1 fully saturated rings. The van der Waals surface area contributed by atoms with Gasteiger partial charge in [-0.1, -0.05) is 12.1 Å². The van der Waals surface area contributed by atoms with Gasteiger partial charge in [-0.15, -0.1) is 11.3 Å². The molecule has 0 bridgehead atoms. The van der Waals surface area contributed by atoms with Gasteiger partial charge in [-0.3, -0.25) is 18.9 Å². The van der Waals surface area contributed by atoms with Crippen molar-refractivity contribution in [3.8, 4) is 10.6 Å². The number of hydrogen-bond donors (Lipinski definition) is 0. The molecule has 5 rings (SSSR count). The summed E-state index contributed by atoms with van der Waals surface area (Å²) in [5.74, 6) is 0.599. The Morgan fingerprint density at radius 2 is 1.71 bits per heavy atom. The molecule has 0 aliphatic carbocycles. The van der Waals surface area contributed by atoms with E-state index in [1.165, 1.54) is 28.1 Å². The quantitative estimate of drug-likeness (QED) is 0.367. The molecule has 1 aliphatic heterocycles. The van der Waals surface area contributed by atoms with E-state index in [0.717, 1.165) is 22.1 Å². The predicted octanol–water partition coefficient (Wildman–Crippen LogP) is 3.48. The first-order valence-electron chi connectivity index (χ1n) is 11.8. The number of aromatic nitrogens is 4. The van der Waals surface area contributed by atoms with E-state index in [1.807, 2.05) is 13.0 Å². The van der Waals surface area contributed by atoms with Crippen molar-refractivity contribution in [3.63, 3.8) is 0 Å². The fourth-order valence-electron chi connectivity index (χ4n) is 4.68. The highest BCUT2D eigenvalue weighted by Gasteiger charge is 2.36. The van der Waals surface area contributed by atoms with Crippen LogP contribution in [0.5, 0.6) is 0 Å². The number of halogens is 3. The maximum atomic E-state index is 13.3. The zero-order valence-electron chi connectivity index (χ0n) is 20.8. The molecule has 9 nitrogen and oxygen atoms in total. The zero-order valence-corrected chi connectivity index (χ0v) is 22.4. The van der Waals surface area contributed by atoms with E-state index >= 15 is 0 Å². The van der Waals surface area contributed by atoms with Gasteiger partial charge in [0.05, 0.1) is 21.8 Å². The van der Waals surface area contributed by atoms with Crippen LogP contribution < -0.4 is 5.56 Å². The van der Waals surface area contributed by atoms with E-state index in [2.05, 4.69) is 10.00 Å². The lowest BCUT2D eigenvalue weighted by Crippen LogP contribution is -2.49. The van der Waals surface area contributed by atoms with E-state index < -0.39 is 21.9 Å². The molecule has 0 spiro atoms. The summed E-state index contributed by atoms with van der Waals surface area (Å²) < 4.78 is 69.7. The van der Waals surface area contributed by atoms with Gasteiger partial charge in [0.2, 0.25) is 0 Å². The smallest absolute Gasteiger partial charge is 0.298 e. The largest absolute Gasteiger partial charge is 0.433 e. The summed E-state index contributed by atoms with van der Waals surface area (Å²) in [6.45, 7) is 3.24. The Morgan fingerprint density at radius 3 is 2.37 bits per heavy atom. The van der Waals surface area contributed by atoms with Crippen LogP contribution in [0.4, 0.5) is 13.2 Å². The maximum Gasteiger partial charge on any atom is 0.433 e. The molecule has 14 heteroatoms. The Bertz CT molecular complexity index is 1670. The molecule has 202 valence electrons. The first-order chi connectivity index (χ1) is 17.9. The van der Waals surface area contributed by atoms with E-state index in [4.69, 9.17) is 4.98 Å². The fourth-order valence-corrected chi connectivity index (χ4v) is 7.52. The minimum absolute atomic E-state index is 0.0480. The molecule has 1 unspecified atom stereocenters. The van der Waals surface area contributed by atoms with E-state index in [9.17, 15) is 26.4 Å². The molecule has 3 aromatic heterocycles. The van der Waals surface area contributed by atoms with Crippen LogP contribution in [0.15, 0.2) is 51.5 Å². The zero-order chi connectivity index (χ0) is 27.4. The molecule has 1 atom stereocenters. The number of para-hydroxylation sites is 1. The number of fused-ring (bicyclic) bond motifs is 1. The number of piperazine rings is 1. The van der Waals surface area contributed by atoms with Gasteiger partial charge in [-0.2, -0.15) is 22.6 Å². The van der Waals surface area contributed by atoms with Crippen molar-refractivity contribution in [1.29, 1.82) is 0 Å². The number of hydrogen-bond acceptors (Lipinski definition) is 7. The van der Waals surface area contributed by atoms with Crippen molar-refractivity contribution in [2.75, 3.05) is 26.2 Å². The van der Waals surface area contributed by atoms with E-state index in [0.29, 0.717) is 34.7 Å². The molecule has 1 aliphatic rings. The van der Waals surface area contributed by atoms with Crippen LogP contribution in [-0.4, -0.2) is 63.1 Å². The van der Waals surface area contributed by atoms with Crippen LogP contribution in [0.1, 0.15) is 24.5 Å². The average molecular weight is 567 g/mol. The lowest BCUT2D eigenvalue weighted by atomic mass is 10.2. The van der Waals surface area contributed by atoms with Crippen molar-refractivity contribution in [2.45, 2.75) is 23.4 Å². The van der Waals surface area contributed by atoms with Crippen LogP contribution in [0.2, 0.25) is 0 Å². The van der Waals surface area contributed by atoms with Crippen molar-refractivity contribution < 1.29 is 21.6 Å². The highest BCUT2D eigenvalue weighted by molar-refractivity contribution is 7.91. The van der Waals surface area contributed by atoms with Crippen molar-refractivity contribution in [2.24, 2.45) is 14.1 Å². The monoisotopic (exact) mass is 566 g/mol. The number of rotatable bonds is 5. The van der Waals surface area contributed by atoms with Crippen molar-refractivity contribution in [1.82, 2.24) is 28.5 Å². The van der Waals surface area contributed by atoms with Crippen LogP contribution >= 0.6 is 11.3 Å². The Morgan fingerprint density at radius 1 is 1.03 bits per heavy atom. The Balaban J connectivity index is 1.31. The third-order valence-electron chi connectivity index (χ3n) is 6.81. The lowest BCUT2D eigenvalue weighted by Gasteiger charge is -2.37. The third-order valence-corrected chi connectivity index (χ3v) is 10.3. The molecular weight excluding hydrogens is 541 g/mol. The van der Waals surface area contributed by atoms with Gasteiger partial charge in [0, 0.05) is 40.3 Å². The number of thiophene rings is 1. The van der Waals surface area contributed by atoms with Gasteiger partial charge < -0.3 is 0 Å². The van der Waals surface area contributed by atoms with Gasteiger partial charge in [-0.25, -0.2) is 13.4 Å². The van der Waals surface area contributed by atoms with Gasteiger partial charge in [0.1, 0.15) is 21.4 Å². The number of alkyl halides is 3. The number of sulfonamides is 1. The summed E-state index contributed by atoms with van der Waals surface area (Å²) >= 11 is 0.893. The predicted molar refractivity (Wildman–Crippen MR) is 137 cm³/mol. The fraction of sp³-hybridized carbons (Fsp3) is 0.375. The Hall–Kier alpha value is -3.07. The minimum atomic E-state index is -4.56. The average Bonchev–Trinajstić information content (AvgIpc) is 3.53. The molecule has 0 amide bonds. The standard InChI is InChI=1S/C24H25F3N6O3S2/c1-15(22-28-17-7-5-4-6-16(17)23(34)30(22)2)32-10-12-33(13-11-32)38(35,36)21-9-8-19(37-21)18-14-20(24(25,26)27)31(3)29-18/h4-9,14-15H,10-13H2,1-3H3. The van der Waals surface area contributed by atoms with Crippen LogP contribution in [-0.2, 0) is 30.3 Å². The highest BCUT2D eigenvalue weighted by Crippen LogP contribution is 2.36. The van der Waals surface area contributed by atoms with Gasteiger partial charge in [0.15, 0.2) is 0 Å². The summed E-state index contributed by atoms with van der Waals surface area (Å²) in [5, 5.41) is 4.45. The molecule has 0 saturated carbocycles. The molecule has 4 heterocycles. The van der Waals surface area contributed by atoms with Crippen molar-refractivity contribution >= 4 is 32.3 Å². The molecule has 1 saturated heterocycles. The number of aryl methyl sites for hydroxylation is 1. The summed E-state index contributed by atoms with van der Waals surface area (Å²) in [5.41, 5.74) is -0.364. The molecule has 0 N–H and O–H groups in total. The Kier molecular flexibility index (Phi) is 6.70. The summed E-state index contributed by atoms with van der Waals surface area (Å²) in [6, 6.07) is 10.7. The summed E-state index contributed by atoms with van der Waals surface area (Å²) in [7, 11) is -0.961. The minimum Gasteiger partial charge on any atom is -0.298 e. The van der Waals surface area contributed by atoms with Gasteiger partial charge in [0.25, 0.3) is 15.6 Å². The van der Waals surface area contributed by atoms with Crippen LogP contribution in [0, 0.1) is 0 Å². The summed E-state index contributed by atoms with van der Waals surface area (Å²) in [6.07, 6.45) is -4.56. The molecular formula is C24H25F3N6O3S2. The first-order valence-corrected chi connectivity index (χ1v) is 14.0. The molecule has 4 aromatic rings. The SMILES string of the molecule is CC(c1nc2ccccc2c(=O)n1C)N1CCN(S(=O)(=O)c2ccc(-c3cc(C(F)(F)F)n(C)n3)s2)CC1. The van der Waals surface area contributed by atoms with Crippen LogP contribution in [0.3, 0.4) is 0 Å². The normalized spacial score (nSPS) is 16.8. The summed E-state index contributed by atoms with van der Waals surface area (Å²) in [4.78, 5) is 19.9. The second kappa shape index (κ2) is 9.59.